The average molecular weight is 347 g/mol. The lowest BCUT2D eigenvalue weighted by Gasteiger charge is -2.59. The number of epoxide rings is 1. The Morgan fingerprint density at radius 2 is 1.72 bits per heavy atom. The van der Waals surface area contributed by atoms with Gasteiger partial charge in [0, 0.05) is 32.5 Å². The molecular formula is C22H34O3. The molecule has 3 nitrogen and oxygen atoms in total. The monoisotopic (exact) mass is 346 g/mol. The Kier molecular flexibility index (Phi) is 3.43. The molecule has 0 unspecified atom stereocenters. The van der Waals surface area contributed by atoms with Crippen LogP contribution in [-0.2, 0) is 14.2 Å². The molecule has 140 valence electrons. The third kappa shape index (κ3) is 1.98. The van der Waals surface area contributed by atoms with Gasteiger partial charge in [-0.05, 0) is 61.7 Å². The van der Waals surface area contributed by atoms with Crippen molar-refractivity contribution >= 4 is 0 Å². The second kappa shape index (κ2) is 5.11. The van der Waals surface area contributed by atoms with Gasteiger partial charge in [-0.2, -0.15) is 0 Å². The third-order valence-electron chi connectivity index (χ3n) is 9.64. The average Bonchev–Trinajstić information content (AvgIpc) is 3.35. The largest absolute Gasteiger partial charge is 0.369 e. The maximum atomic E-state index is 6.05. The molecule has 0 amide bonds. The second-order valence-electron chi connectivity index (χ2n) is 10.0. The van der Waals surface area contributed by atoms with Gasteiger partial charge < -0.3 is 14.2 Å². The van der Waals surface area contributed by atoms with Gasteiger partial charge in [0.15, 0.2) is 5.79 Å². The van der Waals surface area contributed by atoms with E-state index < -0.39 is 0 Å². The lowest BCUT2D eigenvalue weighted by molar-refractivity contribution is -0.227. The summed E-state index contributed by atoms with van der Waals surface area (Å²) in [5.41, 5.74) is 2.67. The Bertz CT molecular complexity index is 602. The third-order valence-corrected chi connectivity index (χ3v) is 9.64. The molecule has 0 aromatic rings. The van der Waals surface area contributed by atoms with E-state index in [1.807, 2.05) is 0 Å². The molecule has 0 radical (unpaired) electrons. The molecule has 0 N–H and O–H groups in total. The topological polar surface area (TPSA) is 31.0 Å². The van der Waals surface area contributed by atoms with Gasteiger partial charge in [0.05, 0.1) is 12.2 Å². The second-order valence-corrected chi connectivity index (χ2v) is 10.0. The molecule has 4 aliphatic carbocycles. The van der Waals surface area contributed by atoms with Crippen molar-refractivity contribution in [2.45, 2.75) is 76.6 Å². The Hall–Kier alpha value is -0.380. The molecule has 0 aromatic carbocycles. The molecule has 0 aromatic heterocycles. The SMILES string of the molecule is COC1(OC)CC[C@@]2(C)C(=CC[C@H]3[C@H]2CC[C@@]2(C)[C@@H]3CC[C@@]23CO3)C1. The van der Waals surface area contributed by atoms with E-state index in [1.165, 1.54) is 38.5 Å². The van der Waals surface area contributed by atoms with Crippen LogP contribution in [0.3, 0.4) is 0 Å². The number of hydrogen-bond acceptors (Lipinski definition) is 3. The summed E-state index contributed by atoms with van der Waals surface area (Å²) in [4.78, 5) is 0. The van der Waals surface area contributed by atoms with Crippen LogP contribution in [-0.4, -0.2) is 32.2 Å². The lowest BCUT2D eigenvalue weighted by Crippen LogP contribution is -2.53. The van der Waals surface area contributed by atoms with Crippen LogP contribution < -0.4 is 0 Å². The van der Waals surface area contributed by atoms with Crippen molar-refractivity contribution in [3.8, 4) is 0 Å². The van der Waals surface area contributed by atoms with Crippen molar-refractivity contribution in [1.82, 2.24) is 0 Å². The van der Waals surface area contributed by atoms with E-state index in [1.54, 1.807) is 19.8 Å². The Balaban J connectivity index is 1.47. The molecule has 25 heavy (non-hydrogen) atoms. The van der Waals surface area contributed by atoms with E-state index in [9.17, 15) is 0 Å². The zero-order valence-corrected chi connectivity index (χ0v) is 16.4. The minimum atomic E-state index is -0.388. The summed E-state index contributed by atoms with van der Waals surface area (Å²) in [6.07, 6.45) is 12.4. The fourth-order valence-corrected chi connectivity index (χ4v) is 7.69. The van der Waals surface area contributed by atoms with E-state index in [-0.39, 0.29) is 11.4 Å². The van der Waals surface area contributed by atoms with Crippen LogP contribution in [0, 0.1) is 28.6 Å². The fraction of sp³-hybridized carbons (Fsp3) is 0.909. The van der Waals surface area contributed by atoms with Crippen molar-refractivity contribution in [3.05, 3.63) is 11.6 Å². The van der Waals surface area contributed by atoms with Crippen molar-refractivity contribution < 1.29 is 14.2 Å². The highest BCUT2D eigenvalue weighted by atomic mass is 16.7. The molecule has 1 saturated heterocycles. The molecule has 3 saturated carbocycles. The summed E-state index contributed by atoms with van der Waals surface area (Å²) in [7, 11) is 3.61. The van der Waals surface area contributed by atoms with Crippen LogP contribution in [0.5, 0.6) is 0 Å². The van der Waals surface area contributed by atoms with E-state index in [2.05, 4.69) is 19.9 Å². The molecule has 6 atom stereocenters. The van der Waals surface area contributed by atoms with Gasteiger partial charge in [-0.3, -0.25) is 0 Å². The maximum Gasteiger partial charge on any atom is 0.171 e. The van der Waals surface area contributed by atoms with Gasteiger partial charge in [0.25, 0.3) is 0 Å². The number of ether oxygens (including phenoxy) is 3. The zero-order chi connectivity index (χ0) is 17.5. The van der Waals surface area contributed by atoms with Gasteiger partial charge in [-0.1, -0.05) is 25.5 Å². The van der Waals surface area contributed by atoms with Crippen LogP contribution in [0.1, 0.15) is 65.2 Å². The highest BCUT2D eigenvalue weighted by Gasteiger charge is 2.69. The van der Waals surface area contributed by atoms with Crippen molar-refractivity contribution in [3.63, 3.8) is 0 Å². The summed E-state index contributed by atoms with van der Waals surface area (Å²) < 4.78 is 17.6. The predicted octanol–water partition coefficient (Wildman–Crippen LogP) is 4.71. The van der Waals surface area contributed by atoms with E-state index >= 15 is 0 Å². The van der Waals surface area contributed by atoms with Gasteiger partial charge in [-0.15, -0.1) is 0 Å². The first kappa shape index (κ1) is 16.8. The Labute approximate surface area is 152 Å². The van der Waals surface area contributed by atoms with Gasteiger partial charge in [0.1, 0.15) is 0 Å². The zero-order valence-electron chi connectivity index (χ0n) is 16.4. The molecule has 5 rings (SSSR count). The minimum absolute atomic E-state index is 0.265. The first-order valence-electron chi connectivity index (χ1n) is 10.4. The van der Waals surface area contributed by atoms with Gasteiger partial charge in [0.2, 0.25) is 0 Å². The van der Waals surface area contributed by atoms with Crippen LogP contribution in [0.2, 0.25) is 0 Å². The van der Waals surface area contributed by atoms with Gasteiger partial charge >= 0.3 is 0 Å². The van der Waals surface area contributed by atoms with Crippen LogP contribution in [0.25, 0.3) is 0 Å². The molecule has 1 aliphatic heterocycles. The summed E-state index contributed by atoms with van der Waals surface area (Å²) in [6, 6.07) is 0. The van der Waals surface area contributed by atoms with E-state index in [4.69, 9.17) is 14.2 Å². The highest BCUT2D eigenvalue weighted by molar-refractivity contribution is 5.28. The van der Waals surface area contributed by atoms with Crippen molar-refractivity contribution in [1.29, 1.82) is 0 Å². The summed E-state index contributed by atoms with van der Waals surface area (Å²) in [5, 5.41) is 0. The highest BCUT2D eigenvalue weighted by Crippen LogP contribution is 2.70. The summed E-state index contributed by atoms with van der Waals surface area (Å²) in [6.45, 7) is 6.13. The quantitative estimate of drug-likeness (QED) is 0.412. The van der Waals surface area contributed by atoms with E-state index in [0.29, 0.717) is 10.8 Å². The standard InChI is InChI=1S/C22H34O3/c1-19-11-12-22(23-3,24-4)13-15(19)5-6-16-17(19)7-9-20(2)18(16)8-10-21(20)14-25-21/h5,16-18H,6-14H2,1-4H3/t16-,17+,18+,19-,20-,21+/m0/s1. The predicted molar refractivity (Wildman–Crippen MR) is 97.1 cm³/mol. The van der Waals surface area contributed by atoms with Gasteiger partial charge in [-0.25, -0.2) is 0 Å². The fourth-order valence-electron chi connectivity index (χ4n) is 7.69. The maximum absolute atomic E-state index is 6.05. The number of fused-ring (bicyclic) bond motifs is 6. The molecule has 5 aliphatic rings. The Morgan fingerprint density at radius 3 is 2.40 bits per heavy atom. The first-order chi connectivity index (χ1) is 11.9. The van der Waals surface area contributed by atoms with Crippen molar-refractivity contribution in [2.75, 3.05) is 20.8 Å². The number of hydrogen-bond donors (Lipinski definition) is 0. The molecule has 0 bridgehead atoms. The van der Waals surface area contributed by atoms with E-state index in [0.717, 1.165) is 37.2 Å². The lowest BCUT2D eigenvalue weighted by atomic mass is 9.47. The minimum Gasteiger partial charge on any atom is -0.369 e. The number of allylic oxidation sites excluding steroid dienone is 1. The van der Waals surface area contributed by atoms with Crippen LogP contribution in [0.4, 0.5) is 0 Å². The number of rotatable bonds is 2. The normalized spacial score (nSPS) is 53.0. The molecular weight excluding hydrogens is 312 g/mol. The molecule has 3 heteroatoms. The molecule has 1 heterocycles. The Morgan fingerprint density at radius 1 is 1.00 bits per heavy atom. The smallest absolute Gasteiger partial charge is 0.171 e. The molecule has 1 spiro atoms. The summed E-state index contributed by atoms with van der Waals surface area (Å²) >= 11 is 0. The van der Waals surface area contributed by atoms with Crippen LogP contribution >= 0.6 is 0 Å². The number of methoxy groups -OCH3 is 2. The molecule has 4 fully saturated rings. The summed E-state index contributed by atoms with van der Waals surface area (Å²) in [5.74, 6) is 2.17. The first-order valence-corrected chi connectivity index (χ1v) is 10.4. The van der Waals surface area contributed by atoms with Crippen molar-refractivity contribution in [2.24, 2.45) is 28.6 Å². The van der Waals surface area contributed by atoms with Crippen LogP contribution in [0.15, 0.2) is 11.6 Å².